The smallest absolute Gasteiger partial charge is 0.218 e. The van der Waals surface area contributed by atoms with Gasteiger partial charge in [-0.25, -0.2) is 0 Å². The van der Waals surface area contributed by atoms with Crippen LogP contribution >= 0.6 is 23.1 Å². The van der Waals surface area contributed by atoms with E-state index in [1.165, 1.54) is 67.5 Å². The molecule has 0 atom stereocenters. The normalized spacial score (nSPS) is 19.1. The van der Waals surface area contributed by atoms with Crippen molar-refractivity contribution in [1.29, 1.82) is 0 Å². The van der Waals surface area contributed by atoms with Crippen LogP contribution in [0.15, 0.2) is 73.8 Å². The fraction of sp³-hybridized carbons (Fsp3) is 0.564. The van der Waals surface area contributed by atoms with E-state index in [0.717, 1.165) is 61.5 Å². The molecule has 0 radical (unpaired) electrons. The van der Waals surface area contributed by atoms with Crippen molar-refractivity contribution in [3.8, 4) is 0 Å². The minimum absolute atomic E-state index is 0.225. The van der Waals surface area contributed by atoms with Crippen LogP contribution in [0.1, 0.15) is 122 Å². The number of thioether (sulfide) groups is 1. The van der Waals surface area contributed by atoms with Crippen LogP contribution in [0.2, 0.25) is 0 Å². The molecule has 0 N–H and O–H groups in total. The van der Waals surface area contributed by atoms with Crippen molar-refractivity contribution in [3.05, 3.63) is 89.1 Å². The first kappa shape index (κ1) is 33.1. The van der Waals surface area contributed by atoms with E-state index in [1.807, 2.05) is 23.1 Å². The highest BCUT2D eigenvalue weighted by atomic mass is 32.2. The van der Waals surface area contributed by atoms with Gasteiger partial charge in [0.25, 0.3) is 0 Å². The molecule has 1 saturated carbocycles. The Morgan fingerprint density at radius 3 is 2.00 bits per heavy atom. The van der Waals surface area contributed by atoms with E-state index >= 15 is 0 Å². The monoisotopic (exact) mass is 602 g/mol. The van der Waals surface area contributed by atoms with Crippen LogP contribution in [0.4, 0.5) is 0 Å². The van der Waals surface area contributed by atoms with Crippen molar-refractivity contribution in [1.82, 2.24) is 0 Å². The molecule has 1 nitrogen and oxygen atoms in total. The number of hydrogen-bond acceptors (Lipinski definition) is 2. The van der Waals surface area contributed by atoms with Gasteiger partial charge in [0.05, 0.1) is 0 Å². The van der Waals surface area contributed by atoms with Gasteiger partial charge in [-0.1, -0.05) is 91.3 Å². The van der Waals surface area contributed by atoms with E-state index in [1.54, 1.807) is 0 Å². The highest BCUT2D eigenvalue weighted by Crippen LogP contribution is 2.49. The quantitative estimate of drug-likeness (QED) is 0.198. The van der Waals surface area contributed by atoms with Crippen LogP contribution in [0.5, 0.6) is 0 Å². The first-order valence-electron chi connectivity index (χ1n) is 16.6. The summed E-state index contributed by atoms with van der Waals surface area (Å²) in [4.78, 5) is 5.79. The van der Waals surface area contributed by atoms with E-state index in [0.29, 0.717) is 11.8 Å². The molecule has 3 aliphatic rings. The first-order valence-corrected chi connectivity index (χ1v) is 18.2. The molecule has 1 aliphatic heterocycles. The SMILES string of the molecule is CC(C)CCCC1=CC(=CC2=C([O-])C(=Cc3cc(CCCC(C)C)[s+]c(CC(C)C)c3)C2=C2CC2)C=C(CC(C)C)S1. The zero-order valence-electron chi connectivity index (χ0n) is 27.6. The number of aryl methyl sites for hydroxylation is 1. The van der Waals surface area contributed by atoms with Crippen molar-refractivity contribution in [2.75, 3.05) is 0 Å². The maximum Gasteiger partial charge on any atom is 0.218 e. The van der Waals surface area contributed by atoms with Gasteiger partial charge < -0.3 is 5.11 Å². The third-order valence-corrected chi connectivity index (χ3v) is 10.2. The van der Waals surface area contributed by atoms with Gasteiger partial charge in [0.1, 0.15) is 0 Å². The Labute approximate surface area is 265 Å². The predicted molar refractivity (Wildman–Crippen MR) is 186 cm³/mol. The average Bonchev–Trinajstić information content (AvgIpc) is 3.71. The van der Waals surface area contributed by atoms with Gasteiger partial charge in [-0.05, 0) is 124 Å². The van der Waals surface area contributed by atoms with E-state index in [-0.39, 0.29) is 5.76 Å². The van der Waals surface area contributed by atoms with Gasteiger partial charge in [-0.2, -0.15) is 0 Å². The summed E-state index contributed by atoms with van der Waals surface area (Å²) in [5.41, 5.74) is 7.00. The molecular weight excluding hydrogens is 549 g/mol. The van der Waals surface area contributed by atoms with Crippen LogP contribution in [-0.4, -0.2) is 0 Å². The first-order chi connectivity index (χ1) is 20.0. The minimum Gasteiger partial charge on any atom is -0.872 e. The second-order valence-electron chi connectivity index (χ2n) is 14.3. The van der Waals surface area contributed by atoms with Gasteiger partial charge >= 0.3 is 0 Å². The summed E-state index contributed by atoms with van der Waals surface area (Å²) in [7, 11) is 0. The van der Waals surface area contributed by atoms with Gasteiger partial charge in [0, 0.05) is 25.0 Å². The van der Waals surface area contributed by atoms with Crippen LogP contribution in [-0.2, 0) is 12.8 Å². The lowest BCUT2D eigenvalue weighted by Crippen LogP contribution is -2.22. The molecular formula is C39H54OS2. The van der Waals surface area contributed by atoms with Crippen molar-refractivity contribution in [2.24, 2.45) is 23.7 Å². The Morgan fingerprint density at radius 2 is 1.38 bits per heavy atom. The van der Waals surface area contributed by atoms with Gasteiger partial charge in [-0.3, -0.25) is 0 Å². The molecule has 4 rings (SSSR count). The molecule has 0 saturated heterocycles. The van der Waals surface area contributed by atoms with Crippen LogP contribution in [0.3, 0.4) is 0 Å². The number of rotatable bonds is 14. The summed E-state index contributed by atoms with van der Waals surface area (Å²) < 4.78 is 0. The molecule has 0 unspecified atom stereocenters. The summed E-state index contributed by atoms with van der Waals surface area (Å²) in [6.45, 7) is 18.4. The Morgan fingerprint density at radius 1 is 0.762 bits per heavy atom. The topological polar surface area (TPSA) is 23.1 Å². The fourth-order valence-electron chi connectivity index (χ4n) is 5.83. The predicted octanol–water partition coefficient (Wildman–Crippen LogP) is 11.6. The lowest BCUT2D eigenvalue weighted by atomic mass is 9.80. The Bertz CT molecular complexity index is 1300. The molecule has 42 heavy (non-hydrogen) atoms. The third kappa shape index (κ3) is 9.84. The summed E-state index contributed by atoms with van der Waals surface area (Å²) in [5, 5.41) is 13.7. The van der Waals surface area contributed by atoms with Crippen LogP contribution in [0.25, 0.3) is 6.08 Å². The van der Waals surface area contributed by atoms with Crippen molar-refractivity contribution in [2.45, 2.75) is 120 Å². The Hall–Kier alpha value is -1.84. The molecule has 228 valence electrons. The van der Waals surface area contributed by atoms with E-state index < -0.39 is 0 Å². The lowest BCUT2D eigenvalue weighted by Gasteiger charge is -2.35. The minimum atomic E-state index is 0.225. The Balaban J connectivity index is 1.65. The largest absolute Gasteiger partial charge is 0.872 e. The van der Waals surface area contributed by atoms with E-state index in [4.69, 9.17) is 0 Å². The summed E-state index contributed by atoms with van der Waals surface area (Å²) in [5.74, 6) is 2.95. The van der Waals surface area contributed by atoms with E-state index in [2.05, 4.69) is 91.8 Å². The van der Waals surface area contributed by atoms with Crippen molar-refractivity contribution in [3.63, 3.8) is 0 Å². The van der Waals surface area contributed by atoms with Crippen LogP contribution in [0, 0.1) is 23.7 Å². The standard InChI is InChI=1S/C39H54OS2/c1-25(2)11-9-13-32-19-29(21-34(41-32)17-27(5)6)23-36-38(31-15-16-31)37(39(36)40)24-30-20-33(14-10-12-26(3)4)42-35(22-30)18-28(7)8/h19-28H,9-18H2,1-8H3. The van der Waals surface area contributed by atoms with Crippen molar-refractivity contribution < 1.29 is 5.11 Å². The second-order valence-corrected chi connectivity index (χ2v) is 16.8. The van der Waals surface area contributed by atoms with Crippen molar-refractivity contribution >= 4 is 29.2 Å². The highest BCUT2D eigenvalue weighted by molar-refractivity contribution is 8.06. The summed E-state index contributed by atoms with van der Waals surface area (Å²) in [6.07, 6.45) is 20.8. The molecule has 2 heterocycles. The Kier molecular flexibility index (Phi) is 12.0. The maximum absolute atomic E-state index is 13.7. The summed E-state index contributed by atoms with van der Waals surface area (Å²) in [6, 6.07) is 4.69. The molecule has 0 aromatic carbocycles. The third-order valence-electron chi connectivity index (χ3n) is 7.97. The van der Waals surface area contributed by atoms with Gasteiger partial charge in [-0.15, -0.1) is 0 Å². The molecule has 3 heteroatoms. The molecule has 1 fully saturated rings. The average molecular weight is 603 g/mol. The number of allylic oxidation sites excluding steroid dienone is 9. The lowest BCUT2D eigenvalue weighted by molar-refractivity contribution is -0.300. The van der Waals surface area contributed by atoms with Crippen LogP contribution < -0.4 is 5.11 Å². The summed E-state index contributed by atoms with van der Waals surface area (Å²) >= 11 is 3.94. The molecule has 1 aromatic rings. The second kappa shape index (κ2) is 15.2. The number of hydrogen-bond donors (Lipinski definition) is 0. The zero-order valence-corrected chi connectivity index (χ0v) is 29.2. The zero-order chi connectivity index (χ0) is 30.4. The van der Waals surface area contributed by atoms with Gasteiger partial charge in [0.15, 0.2) is 0 Å². The van der Waals surface area contributed by atoms with E-state index in [9.17, 15) is 5.11 Å². The van der Waals surface area contributed by atoms with Gasteiger partial charge in [0.2, 0.25) is 21.1 Å². The fourth-order valence-corrected chi connectivity index (χ4v) is 8.61. The highest BCUT2D eigenvalue weighted by Gasteiger charge is 2.30. The molecule has 0 bridgehead atoms. The maximum atomic E-state index is 13.7. The molecule has 0 spiro atoms. The molecule has 2 aliphatic carbocycles. The molecule has 1 aromatic heterocycles. The molecule has 0 amide bonds.